The zero-order chi connectivity index (χ0) is 22.2. The molecule has 0 aliphatic rings. The highest BCUT2D eigenvalue weighted by Crippen LogP contribution is 2.22. The van der Waals surface area contributed by atoms with E-state index in [1.807, 2.05) is 25.1 Å². The van der Waals surface area contributed by atoms with Crippen LogP contribution in [0.5, 0.6) is 11.5 Å². The topological polar surface area (TPSA) is 76.7 Å². The minimum atomic E-state index is -0.290. The van der Waals surface area contributed by atoms with Crippen molar-refractivity contribution in [2.75, 3.05) is 24.4 Å². The number of carbonyl (C=O) groups is 2. The predicted molar refractivity (Wildman–Crippen MR) is 122 cm³/mol. The number of methoxy groups -OCH3 is 1. The number of ether oxygens (including phenoxy) is 2. The number of amides is 2. The molecule has 2 N–H and O–H groups in total. The Hall–Kier alpha value is -3.80. The molecular weight excluding hydrogens is 392 g/mol. The number of para-hydroxylation sites is 1. The second-order valence-corrected chi connectivity index (χ2v) is 7.01. The van der Waals surface area contributed by atoms with Crippen molar-refractivity contribution in [2.24, 2.45) is 0 Å². The molecule has 3 aromatic rings. The van der Waals surface area contributed by atoms with E-state index >= 15 is 0 Å². The molecule has 0 saturated heterocycles. The fraction of sp³-hybridized carbons (Fsp3) is 0.200. The van der Waals surface area contributed by atoms with Crippen LogP contribution in [0.25, 0.3) is 0 Å². The summed E-state index contributed by atoms with van der Waals surface area (Å²) < 4.78 is 10.7. The summed E-state index contributed by atoms with van der Waals surface area (Å²) in [5, 5.41) is 5.75. The minimum absolute atomic E-state index is 0.147. The third kappa shape index (κ3) is 5.85. The summed E-state index contributed by atoms with van der Waals surface area (Å²) in [6.07, 6.45) is 0.835. The molecule has 6 heteroatoms. The molecule has 6 nitrogen and oxygen atoms in total. The number of anilines is 2. The van der Waals surface area contributed by atoms with Crippen molar-refractivity contribution in [1.82, 2.24) is 0 Å². The van der Waals surface area contributed by atoms with Crippen molar-refractivity contribution in [2.45, 2.75) is 20.3 Å². The zero-order valence-corrected chi connectivity index (χ0v) is 17.9. The van der Waals surface area contributed by atoms with Crippen LogP contribution < -0.4 is 20.1 Å². The van der Waals surface area contributed by atoms with Gasteiger partial charge in [0.25, 0.3) is 11.8 Å². The van der Waals surface area contributed by atoms with Gasteiger partial charge >= 0.3 is 0 Å². The summed E-state index contributed by atoms with van der Waals surface area (Å²) in [5.74, 6) is 0.680. The Morgan fingerprint density at radius 3 is 2.35 bits per heavy atom. The maximum absolute atomic E-state index is 12.6. The molecule has 0 atom stereocenters. The first-order valence-electron chi connectivity index (χ1n) is 10.1. The average molecular weight is 418 g/mol. The Labute approximate surface area is 182 Å². The van der Waals surface area contributed by atoms with Crippen LogP contribution >= 0.6 is 0 Å². The fourth-order valence-electron chi connectivity index (χ4n) is 3.14. The molecule has 31 heavy (non-hydrogen) atoms. The molecule has 0 aliphatic carbocycles. The summed E-state index contributed by atoms with van der Waals surface area (Å²) in [7, 11) is 1.57. The lowest BCUT2D eigenvalue weighted by molar-refractivity contribution is -0.118. The van der Waals surface area contributed by atoms with Crippen molar-refractivity contribution < 1.29 is 19.1 Å². The smallest absolute Gasteiger partial charge is 0.262 e. The first kappa shape index (κ1) is 21.9. The Balaban J connectivity index is 1.56. The Morgan fingerprint density at radius 1 is 0.903 bits per heavy atom. The number of rotatable bonds is 8. The van der Waals surface area contributed by atoms with Gasteiger partial charge in [0, 0.05) is 23.0 Å². The number of benzene rings is 3. The molecule has 0 unspecified atom stereocenters. The molecule has 3 aromatic carbocycles. The molecule has 0 radical (unpaired) electrons. The second-order valence-electron chi connectivity index (χ2n) is 7.01. The largest absolute Gasteiger partial charge is 0.497 e. The molecule has 3 rings (SSSR count). The number of hydrogen-bond donors (Lipinski definition) is 2. The van der Waals surface area contributed by atoms with Crippen LogP contribution in [0.2, 0.25) is 0 Å². The molecule has 0 heterocycles. The van der Waals surface area contributed by atoms with Crippen LogP contribution in [-0.4, -0.2) is 25.5 Å². The lowest BCUT2D eigenvalue weighted by atomic mass is 10.1. The van der Waals surface area contributed by atoms with E-state index in [4.69, 9.17) is 9.47 Å². The van der Waals surface area contributed by atoms with Crippen LogP contribution in [-0.2, 0) is 11.2 Å². The van der Waals surface area contributed by atoms with Gasteiger partial charge in [-0.25, -0.2) is 0 Å². The number of hydrogen-bond acceptors (Lipinski definition) is 4. The first-order chi connectivity index (χ1) is 15.0. The van der Waals surface area contributed by atoms with Gasteiger partial charge in [0.1, 0.15) is 11.5 Å². The second kappa shape index (κ2) is 10.3. The summed E-state index contributed by atoms with van der Waals surface area (Å²) >= 11 is 0. The summed E-state index contributed by atoms with van der Waals surface area (Å²) in [4.78, 5) is 24.8. The normalized spacial score (nSPS) is 10.3. The van der Waals surface area contributed by atoms with Gasteiger partial charge in [-0.3, -0.25) is 9.59 Å². The van der Waals surface area contributed by atoms with E-state index in [-0.39, 0.29) is 18.4 Å². The van der Waals surface area contributed by atoms with Gasteiger partial charge < -0.3 is 20.1 Å². The molecular formula is C25H26N2O4. The molecule has 0 fully saturated rings. The minimum Gasteiger partial charge on any atom is -0.497 e. The van der Waals surface area contributed by atoms with Gasteiger partial charge in [-0.15, -0.1) is 0 Å². The predicted octanol–water partition coefficient (Wildman–Crippen LogP) is 4.84. The van der Waals surface area contributed by atoms with Gasteiger partial charge in [-0.1, -0.05) is 31.2 Å². The van der Waals surface area contributed by atoms with E-state index in [1.165, 1.54) is 0 Å². The Bertz CT molecular complexity index is 1060. The number of nitrogens with one attached hydrogen (secondary N) is 2. The molecule has 0 aromatic heterocycles. The first-order valence-corrected chi connectivity index (χ1v) is 10.1. The van der Waals surface area contributed by atoms with Crippen molar-refractivity contribution in [3.63, 3.8) is 0 Å². The SMILES string of the molecule is CCc1cccc(C)c1NC(=O)c1ccc(OCC(=O)Nc2cccc(OC)c2)cc1. The molecule has 0 bridgehead atoms. The highest BCUT2D eigenvalue weighted by atomic mass is 16.5. The fourth-order valence-corrected chi connectivity index (χ4v) is 3.14. The molecule has 0 aliphatic heterocycles. The van der Waals surface area contributed by atoms with Crippen molar-refractivity contribution in [1.29, 1.82) is 0 Å². The van der Waals surface area contributed by atoms with E-state index in [1.54, 1.807) is 55.6 Å². The highest BCUT2D eigenvalue weighted by molar-refractivity contribution is 6.05. The lowest BCUT2D eigenvalue weighted by Gasteiger charge is -2.13. The molecule has 2 amide bonds. The van der Waals surface area contributed by atoms with E-state index in [0.717, 1.165) is 23.2 Å². The molecule has 160 valence electrons. The van der Waals surface area contributed by atoms with Crippen LogP contribution in [0.15, 0.2) is 66.7 Å². The standard InChI is InChI=1S/C25H26N2O4/c1-4-18-8-5-7-17(2)24(18)27-25(29)19-11-13-21(14-12-19)31-16-23(28)26-20-9-6-10-22(15-20)30-3/h5-15H,4,16H2,1-3H3,(H,26,28)(H,27,29). The van der Waals surface area contributed by atoms with Crippen LogP contribution in [0.1, 0.15) is 28.4 Å². The van der Waals surface area contributed by atoms with Crippen molar-refractivity contribution >= 4 is 23.2 Å². The van der Waals surface area contributed by atoms with E-state index in [2.05, 4.69) is 17.6 Å². The number of carbonyl (C=O) groups excluding carboxylic acids is 2. The van der Waals surface area contributed by atoms with E-state index in [9.17, 15) is 9.59 Å². The maximum Gasteiger partial charge on any atom is 0.262 e. The van der Waals surface area contributed by atoms with Gasteiger partial charge in [0.05, 0.1) is 7.11 Å². The monoisotopic (exact) mass is 418 g/mol. The maximum atomic E-state index is 12.6. The van der Waals surface area contributed by atoms with Gasteiger partial charge in [0.15, 0.2) is 6.61 Å². The Kier molecular flexibility index (Phi) is 7.27. The van der Waals surface area contributed by atoms with Crippen LogP contribution in [0.4, 0.5) is 11.4 Å². The van der Waals surface area contributed by atoms with Gasteiger partial charge in [-0.2, -0.15) is 0 Å². The lowest BCUT2D eigenvalue weighted by Crippen LogP contribution is -2.20. The zero-order valence-electron chi connectivity index (χ0n) is 17.9. The highest BCUT2D eigenvalue weighted by Gasteiger charge is 2.11. The van der Waals surface area contributed by atoms with E-state index in [0.29, 0.717) is 22.7 Å². The average Bonchev–Trinajstić information content (AvgIpc) is 2.79. The summed E-state index contributed by atoms with van der Waals surface area (Å²) in [6, 6.07) is 19.8. The van der Waals surface area contributed by atoms with E-state index < -0.39 is 0 Å². The third-order valence-electron chi connectivity index (χ3n) is 4.82. The quantitative estimate of drug-likeness (QED) is 0.549. The third-order valence-corrected chi connectivity index (χ3v) is 4.82. The molecule has 0 saturated carbocycles. The summed E-state index contributed by atoms with van der Waals surface area (Å²) in [5.41, 5.74) is 4.11. The molecule has 0 spiro atoms. The van der Waals surface area contributed by atoms with Crippen molar-refractivity contribution in [3.8, 4) is 11.5 Å². The van der Waals surface area contributed by atoms with Crippen molar-refractivity contribution in [3.05, 3.63) is 83.4 Å². The van der Waals surface area contributed by atoms with Crippen LogP contribution in [0, 0.1) is 6.92 Å². The summed E-state index contributed by atoms with van der Waals surface area (Å²) in [6.45, 7) is 3.88. The van der Waals surface area contributed by atoms with Gasteiger partial charge in [-0.05, 0) is 60.9 Å². The Morgan fingerprint density at radius 2 is 1.65 bits per heavy atom. The van der Waals surface area contributed by atoms with Gasteiger partial charge in [0.2, 0.25) is 0 Å². The number of aryl methyl sites for hydroxylation is 2. The van der Waals surface area contributed by atoms with Crippen LogP contribution in [0.3, 0.4) is 0 Å².